The van der Waals surface area contributed by atoms with Gasteiger partial charge in [-0.05, 0) is 36.8 Å². The molecule has 11 nitrogen and oxygen atoms in total. The molecule has 2 aromatic rings. The van der Waals surface area contributed by atoms with E-state index in [9.17, 15) is 22.4 Å². The molecule has 40 heavy (non-hydrogen) atoms. The third-order valence-corrected chi connectivity index (χ3v) is 8.65. The van der Waals surface area contributed by atoms with Crippen molar-refractivity contribution in [1.82, 2.24) is 24.1 Å². The van der Waals surface area contributed by atoms with Crippen molar-refractivity contribution in [2.45, 2.75) is 31.3 Å². The highest BCUT2D eigenvalue weighted by Gasteiger charge is 2.54. The fourth-order valence-corrected chi connectivity index (χ4v) is 6.33. The number of nitrogens with zero attached hydrogens (tertiary/aromatic N) is 5. The summed E-state index contributed by atoms with van der Waals surface area (Å²) in [6, 6.07) is 2.19. The molecule has 1 N–H and O–H groups in total. The monoisotopic (exact) mass is 592 g/mol. The van der Waals surface area contributed by atoms with Crippen molar-refractivity contribution in [3.8, 4) is 0 Å². The van der Waals surface area contributed by atoms with Crippen LogP contribution in [0.3, 0.4) is 0 Å². The molecule has 1 aromatic heterocycles. The van der Waals surface area contributed by atoms with Crippen LogP contribution in [0.1, 0.15) is 36.7 Å². The number of ether oxygens (including phenoxy) is 1. The van der Waals surface area contributed by atoms with E-state index in [1.807, 2.05) is 4.90 Å². The zero-order chi connectivity index (χ0) is 29.0. The van der Waals surface area contributed by atoms with E-state index < -0.39 is 39.8 Å². The number of methoxy groups -OCH3 is 1. The minimum absolute atomic E-state index is 0.0744. The molecule has 1 saturated heterocycles. The summed E-state index contributed by atoms with van der Waals surface area (Å²) in [4.78, 5) is 39.4. The second-order valence-corrected chi connectivity index (χ2v) is 12.8. The standard InChI is InChI=1S/C26H30ClFN6O5S/c1-32-10-9-29-22(32)23-30-21(16-6-5-15(28)11-17(16)27)20(25(36)39-3)19(33(23)2)13-34-14-26(7-8-26)12-18(34)24(35)31-40(4,37)38/h5-6,9-11,18,21H,7-8,12-14H2,1-4H3,(H,31,35)/t18-,21-/m0/s1. The first-order valence-electron chi connectivity index (χ1n) is 12.6. The molecule has 1 spiro atoms. The van der Waals surface area contributed by atoms with Gasteiger partial charge in [0.25, 0.3) is 5.91 Å². The first kappa shape index (κ1) is 28.2. The van der Waals surface area contributed by atoms with Crippen molar-refractivity contribution in [2.24, 2.45) is 17.5 Å². The average Bonchev–Trinajstić information content (AvgIpc) is 3.32. The lowest BCUT2D eigenvalue weighted by molar-refractivity contribution is -0.136. The van der Waals surface area contributed by atoms with Crippen molar-refractivity contribution >= 4 is 39.3 Å². The predicted octanol–water partition coefficient (Wildman–Crippen LogP) is 2.00. The lowest BCUT2D eigenvalue weighted by atomic mass is 9.94. The van der Waals surface area contributed by atoms with Gasteiger partial charge in [0.15, 0.2) is 11.7 Å². The molecule has 1 amide bonds. The Balaban J connectivity index is 1.64. The van der Waals surface area contributed by atoms with Crippen molar-refractivity contribution in [1.29, 1.82) is 0 Å². The van der Waals surface area contributed by atoms with Gasteiger partial charge in [-0.2, -0.15) is 0 Å². The smallest absolute Gasteiger partial charge is 0.338 e. The summed E-state index contributed by atoms with van der Waals surface area (Å²) in [6.45, 7) is 0.667. The molecule has 1 aromatic carbocycles. The van der Waals surface area contributed by atoms with E-state index >= 15 is 0 Å². The van der Waals surface area contributed by atoms with E-state index in [1.54, 1.807) is 36.0 Å². The molecule has 1 aliphatic carbocycles. The van der Waals surface area contributed by atoms with E-state index in [4.69, 9.17) is 21.3 Å². The summed E-state index contributed by atoms with van der Waals surface area (Å²) in [7, 11) is 1.03. The van der Waals surface area contributed by atoms with Gasteiger partial charge < -0.3 is 14.2 Å². The fraction of sp³-hybridized carbons (Fsp3) is 0.462. The van der Waals surface area contributed by atoms with Gasteiger partial charge in [-0.3, -0.25) is 19.4 Å². The number of hydrogen-bond donors (Lipinski definition) is 1. The molecule has 3 heterocycles. The van der Waals surface area contributed by atoms with Crippen LogP contribution in [0.5, 0.6) is 0 Å². The Hall–Kier alpha value is -3.29. The molecule has 2 atom stereocenters. The van der Waals surface area contributed by atoms with Gasteiger partial charge in [-0.25, -0.2) is 22.6 Å². The van der Waals surface area contributed by atoms with Crippen LogP contribution in [-0.4, -0.2) is 85.0 Å². The van der Waals surface area contributed by atoms with Gasteiger partial charge in [0.1, 0.15) is 11.9 Å². The number of likely N-dealkylation sites (tertiary alicyclic amines) is 1. The van der Waals surface area contributed by atoms with Gasteiger partial charge in [0.05, 0.1) is 25.0 Å². The number of aryl methyl sites for hydroxylation is 1. The third kappa shape index (κ3) is 5.37. The Kier molecular flexibility index (Phi) is 7.26. The van der Waals surface area contributed by atoms with Gasteiger partial charge in [0, 0.05) is 55.9 Å². The Bertz CT molecular complexity index is 1550. The number of carbonyl (C=O) groups is 2. The summed E-state index contributed by atoms with van der Waals surface area (Å²) in [5, 5.41) is 0.0850. The number of imidazole rings is 1. The molecule has 1 saturated carbocycles. The quantitative estimate of drug-likeness (QED) is 0.484. The number of benzene rings is 1. The number of amides is 1. The van der Waals surface area contributed by atoms with Crippen LogP contribution in [0, 0.1) is 11.2 Å². The lowest BCUT2D eigenvalue weighted by Crippen LogP contribution is -2.48. The van der Waals surface area contributed by atoms with E-state index in [1.165, 1.54) is 19.2 Å². The average molecular weight is 593 g/mol. The summed E-state index contributed by atoms with van der Waals surface area (Å²) in [5.74, 6) is -0.865. The molecule has 3 aliphatic rings. The zero-order valence-corrected chi connectivity index (χ0v) is 24.1. The summed E-state index contributed by atoms with van der Waals surface area (Å²) >= 11 is 6.47. The molecule has 214 valence electrons. The Labute approximate surface area is 236 Å². The molecular formula is C26H30ClFN6O5S. The van der Waals surface area contributed by atoms with E-state index in [-0.39, 0.29) is 22.6 Å². The maximum Gasteiger partial charge on any atom is 0.338 e. The van der Waals surface area contributed by atoms with Crippen molar-refractivity contribution in [3.05, 3.63) is 64.1 Å². The summed E-state index contributed by atoms with van der Waals surface area (Å²) in [6.07, 6.45) is 6.68. The Morgan fingerprint density at radius 2 is 2.00 bits per heavy atom. The normalized spacial score (nSPS) is 22.4. The zero-order valence-electron chi connectivity index (χ0n) is 22.5. The molecule has 2 aliphatic heterocycles. The summed E-state index contributed by atoms with van der Waals surface area (Å²) < 4.78 is 46.8. The highest BCUT2D eigenvalue weighted by Crippen LogP contribution is 2.55. The molecule has 0 radical (unpaired) electrons. The van der Waals surface area contributed by atoms with Gasteiger partial charge in [0.2, 0.25) is 10.0 Å². The minimum atomic E-state index is -3.77. The number of hydrogen-bond acceptors (Lipinski definition) is 9. The van der Waals surface area contributed by atoms with Gasteiger partial charge >= 0.3 is 5.97 Å². The van der Waals surface area contributed by atoms with Crippen LogP contribution in [0.25, 0.3) is 0 Å². The van der Waals surface area contributed by atoms with Crippen LogP contribution in [0.15, 0.2) is 46.9 Å². The molecule has 14 heteroatoms. The van der Waals surface area contributed by atoms with E-state index in [0.717, 1.165) is 25.2 Å². The number of amidine groups is 1. The summed E-state index contributed by atoms with van der Waals surface area (Å²) in [5.41, 5.74) is 0.984. The van der Waals surface area contributed by atoms with Crippen LogP contribution >= 0.6 is 11.6 Å². The first-order chi connectivity index (χ1) is 18.8. The predicted molar refractivity (Wildman–Crippen MR) is 145 cm³/mol. The highest BCUT2D eigenvalue weighted by molar-refractivity contribution is 7.89. The number of aliphatic imine (C=N–C) groups is 1. The number of nitrogens with one attached hydrogen (secondary N) is 1. The number of halogens is 2. The lowest BCUT2D eigenvalue weighted by Gasteiger charge is -2.36. The second-order valence-electron chi connectivity index (χ2n) is 10.7. The molecule has 2 fully saturated rings. The van der Waals surface area contributed by atoms with Crippen LogP contribution in [-0.2, 0) is 31.4 Å². The maximum absolute atomic E-state index is 14.0. The van der Waals surface area contributed by atoms with Crippen molar-refractivity contribution in [2.75, 3.05) is 33.5 Å². The molecule has 0 unspecified atom stereocenters. The molecule has 0 bridgehead atoms. The number of sulfonamides is 1. The minimum Gasteiger partial charge on any atom is -0.466 e. The number of esters is 1. The first-order valence-corrected chi connectivity index (χ1v) is 14.9. The highest BCUT2D eigenvalue weighted by atomic mass is 35.5. The van der Waals surface area contributed by atoms with Crippen LogP contribution in [0.4, 0.5) is 4.39 Å². The van der Waals surface area contributed by atoms with Crippen LogP contribution in [0.2, 0.25) is 5.02 Å². The van der Waals surface area contributed by atoms with E-state index in [0.29, 0.717) is 35.9 Å². The molecule has 5 rings (SSSR count). The van der Waals surface area contributed by atoms with E-state index in [2.05, 4.69) is 9.71 Å². The topological polar surface area (TPSA) is 126 Å². The maximum atomic E-state index is 14.0. The molecular weight excluding hydrogens is 563 g/mol. The van der Waals surface area contributed by atoms with Gasteiger partial charge in [-0.1, -0.05) is 17.7 Å². The SMILES string of the molecule is COC(=O)C1=C(CN2CC3(CC3)C[C@H]2C(=O)NS(C)(=O)=O)N(C)C(c2nccn2C)=N[C@H]1c1ccc(F)cc1Cl. The number of rotatable bonds is 7. The van der Waals surface area contributed by atoms with Crippen molar-refractivity contribution < 1.29 is 27.1 Å². The number of likely N-dealkylation sites (N-methyl/N-ethyl adjacent to an activating group) is 1. The van der Waals surface area contributed by atoms with Crippen molar-refractivity contribution in [3.63, 3.8) is 0 Å². The fourth-order valence-electron chi connectivity index (χ4n) is 5.56. The van der Waals surface area contributed by atoms with Crippen LogP contribution < -0.4 is 4.72 Å². The second kappa shape index (κ2) is 10.3. The largest absolute Gasteiger partial charge is 0.466 e. The third-order valence-electron chi connectivity index (χ3n) is 7.75. The number of carbonyl (C=O) groups excluding carboxylic acids is 2. The number of aromatic nitrogens is 2. The Morgan fingerprint density at radius 1 is 1.27 bits per heavy atom. The van der Waals surface area contributed by atoms with Gasteiger partial charge in [-0.15, -0.1) is 0 Å². The Morgan fingerprint density at radius 3 is 2.58 bits per heavy atom.